The number of hydrogen-bond acceptors (Lipinski definition) is 3. The lowest BCUT2D eigenvalue weighted by Gasteiger charge is -2.06. The molecule has 0 aliphatic carbocycles. The fourth-order valence-electron chi connectivity index (χ4n) is 1.66. The van der Waals surface area contributed by atoms with Crippen LogP contribution < -0.4 is 10.6 Å². The van der Waals surface area contributed by atoms with Crippen LogP contribution in [0.2, 0.25) is 0 Å². The van der Waals surface area contributed by atoms with E-state index in [1.54, 1.807) is 18.3 Å². The second kappa shape index (κ2) is 5.83. The molecule has 2 aromatic rings. The number of carbonyl (C=O) groups is 2. The Hall–Kier alpha value is -1.89. The molecule has 0 fully saturated rings. The fraction of sp³-hybridized carbons (Fsp3) is 0.250. The number of nitrogens with zero attached hydrogens (tertiary/aromatic N) is 1. The summed E-state index contributed by atoms with van der Waals surface area (Å²) in [5.41, 5.74) is 1.40. The van der Waals surface area contributed by atoms with Crippen LogP contribution >= 0.6 is 15.9 Å². The molecule has 1 heterocycles. The number of aromatic nitrogens is 2. The van der Waals surface area contributed by atoms with Gasteiger partial charge < -0.3 is 10.6 Å². The number of hydrogen-bond donors (Lipinski definition) is 3. The molecule has 0 spiro atoms. The first-order chi connectivity index (χ1) is 9.08. The van der Waals surface area contributed by atoms with Gasteiger partial charge in [0.05, 0.1) is 11.7 Å². The van der Waals surface area contributed by atoms with Crippen LogP contribution in [0.4, 0.5) is 0 Å². The molecule has 7 heteroatoms. The molecule has 0 saturated heterocycles. The third-order valence-corrected chi connectivity index (χ3v) is 3.17. The summed E-state index contributed by atoms with van der Waals surface area (Å²) in [6.07, 6.45) is 1.66. The maximum atomic E-state index is 11.9. The van der Waals surface area contributed by atoms with E-state index < -0.39 is 0 Å². The third kappa shape index (κ3) is 3.31. The Labute approximate surface area is 118 Å². The second-order valence-electron chi connectivity index (χ2n) is 4.03. The molecule has 1 aromatic carbocycles. The van der Waals surface area contributed by atoms with E-state index in [1.165, 1.54) is 6.92 Å². The summed E-state index contributed by atoms with van der Waals surface area (Å²) in [5.74, 6) is -0.300. The van der Waals surface area contributed by atoms with Crippen LogP contribution in [0.25, 0.3) is 10.9 Å². The molecule has 0 saturated carbocycles. The normalized spacial score (nSPS) is 10.4. The van der Waals surface area contributed by atoms with Gasteiger partial charge in [0.25, 0.3) is 5.91 Å². The minimum Gasteiger partial charge on any atom is -0.355 e. The summed E-state index contributed by atoms with van der Waals surface area (Å²) >= 11 is 3.39. The van der Waals surface area contributed by atoms with Crippen LogP contribution in [-0.2, 0) is 4.79 Å². The second-order valence-corrected chi connectivity index (χ2v) is 4.89. The molecule has 0 atom stereocenters. The number of aromatic amines is 1. The van der Waals surface area contributed by atoms with Gasteiger partial charge in [-0.15, -0.1) is 0 Å². The van der Waals surface area contributed by atoms with E-state index in [4.69, 9.17) is 0 Å². The first kappa shape index (κ1) is 13.5. The predicted octanol–water partition coefficient (Wildman–Crippen LogP) is 1.19. The topological polar surface area (TPSA) is 86.9 Å². The van der Waals surface area contributed by atoms with Gasteiger partial charge in [0, 0.05) is 35.4 Å². The van der Waals surface area contributed by atoms with Crippen molar-refractivity contribution in [2.45, 2.75) is 6.92 Å². The van der Waals surface area contributed by atoms with Gasteiger partial charge >= 0.3 is 0 Å². The largest absolute Gasteiger partial charge is 0.355 e. The Kier molecular flexibility index (Phi) is 4.16. The summed E-state index contributed by atoms with van der Waals surface area (Å²) in [7, 11) is 0. The van der Waals surface area contributed by atoms with E-state index in [-0.39, 0.29) is 11.8 Å². The van der Waals surface area contributed by atoms with Gasteiger partial charge in [-0.2, -0.15) is 5.10 Å². The molecule has 19 heavy (non-hydrogen) atoms. The SMILES string of the molecule is CC(=O)NCCNC(=O)c1cc(Br)c2[nH]ncc2c1. The molecular weight excluding hydrogens is 312 g/mol. The average Bonchev–Trinajstić information content (AvgIpc) is 2.82. The summed E-state index contributed by atoms with van der Waals surface area (Å²) in [4.78, 5) is 22.6. The molecule has 6 nitrogen and oxygen atoms in total. The maximum absolute atomic E-state index is 11.9. The number of halogens is 1. The van der Waals surface area contributed by atoms with E-state index in [2.05, 4.69) is 36.8 Å². The predicted molar refractivity (Wildman–Crippen MR) is 74.8 cm³/mol. The Bertz CT molecular complexity index is 623. The summed E-state index contributed by atoms with van der Waals surface area (Å²) in [5, 5.41) is 13.0. The highest BCUT2D eigenvalue weighted by molar-refractivity contribution is 9.10. The zero-order chi connectivity index (χ0) is 13.8. The van der Waals surface area contributed by atoms with Crippen LogP contribution in [0.1, 0.15) is 17.3 Å². The highest BCUT2D eigenvalue weighted by Crippen LogP contribution is 2.23. The first-order valence-electron chi connectivity index (χ1n) is 5.73. The van der Waals surface area contributed by atoms with Crippen molar-refractivity contribution in [3.63, 3.8) is 0 Å². The lowest BCUT2D eigenvalue weighted by atomic mass is 10.1. The highest BCUT2D eigenvalue weighted by atomic mass is 79.9. The quantitative estimate of drug-likeness (QED) is 0.738. The van der Waals surface area contributed by atoms with Gasteiger partial charge in [0.2, 0.25) is 5.91 Å². The van der Waals surface area contributed by atoms with E-state index >= 15 is 0 Å². The summed E-state index contributed by atoms with van der Waals surface area (Å²) < 4.78 is 0.787. The van der Waals surface area contributed by atoms with Gasteiger partial charge in [0.15, 0.2) is 0 Å². The minimum absolute atomic E-state index is 0.114. The van der Waals surface area contributed by atoms with Gasteiger partial charge in [0.1, 0.15) is 0 Å². The number of fused-ring (bicyclic) bond motifs is 1. The van der Waals surface area contributed by atoms with Crippen molar-refractivity contribution < 1.29 is 9.59 Å². The number of nitrogens with one attached hydrogen (secondary N) is 3. The third-order valence-electron chi connectivity index (χ3n) is 2.55. The van der Waals surface area contributed by atoms with Crippen molar-refractivity contribution in [3.05, 3.63) is 28.4 Å². The van der Waals surface area contributed by atoms with E-state index in [9.17, 15) is 9.59 Å². The number of H-pyrrole nitrogens is 1. The Morgan fingerprint density at radius 2 is 2.05 bits per heavy atom. The average molecular weight is 325 g/mol. The van der Waals surface area contributed by atoms with Crippen molar-refractivity contribution in [1.29, 1.82) is 0 Å². The Morgan fingerprint density at radius 3 is 2.79 bits per heavy atom. The zero-order valence-electron chi connectivity index (χ0n) is 10.3. The standard InChI is InChI=1S/C12H13BrN4O2/c1-7(18)14-2-3-15-12(19)8-4-9-6-16-17-11(9)10(13)5-8/h4-6H,2-3H2,1H3,(H,14,18)(H,15,19)(H,16,17). The van der Waals surface area contributed by atoms with Gasteiger partial charge in [-0.1, -0.05) is 0 Å². The molecule has 100 valence electrons. The van der Waals surface area contributed by atoms with E-state index in [1.807, 2.05) is 0 Å². The number of benzene rings is 1. The fourth-order valence-corrected chi connectivity index (χ4v) is 2.23. The smallest absolute Gasteiger partial charge is 0.251 e. The van der Waals surface area contributed by atoms with Crippen LogP contribution in [0, 0.1) is 0 Å². The van der Waals surface area contributed by atoms with Gasteiger partial charge in [-0.05, 0) is 28.1 Å². The maximum Gasteiger partial charge on any atom is 0.251 e. The van der Waals surface area contributed by atoms with E-state index in [0.29, 0.717) is 18.7 Å². The van der Waals surface area contributed by atoms with Crippen molar-refractivity contribution in [3.8, 4) is 0 Å². The molecular formula is C12H13BrN4O2. The summed E-state index contributed by atoms with van der Waals surface area (Å²) in [6, 6.07) is 3.49. The minimum atomic E-state index is -0.186. The summed E-state index contributed by atoms with van der Waals surface area (Å²) in [6.45, 7) is 2.24. The lowest BCUT2D eigenvalue weighted by molar-refractivity contribution is -0.118. The molecule has 2 amide bonds. The number of amides is 2. The molecule has 3 N–H and O–H groups in total. The number of carbonyl (C=O) groups excluding carboxylic acids is 2. The van der Waals surface area contributed by atoms with Crippen LogP contribution in [0.5, 0.6) is 0 Å². The van der Waals surface area contributed by atoms with Crippen LogP contribution in [0.3, 0.4) is 0 Å². The molecule has 1 aromatic heterocycles. The Morgan fingerprint density at radius 1 is 1.32 bits per heavy atom. The Balaban J connectivity index is 2.02. The van der Waals surface area contributed by atoms with Crippen molar-refractivity contribution >= 4 is 38.6 Å². The van der Waals surface area contributed by atoms with Crippen molar-refractivity contribution in [2.75, 3.05) is 13.1 Å². The van der Waals surface area contributed by atoms with Crippen molar-refractivity contribution in [2.24, 2.45) is 0 Å². The van der Waals surface area contributed by atoms with E-state index in [0.717, 1.165) is 15.4 Å². The van der Waals surface area contributed by atoms with Crippen LogP contribution in [0.15, 0.2) is 22.8 Å². The monoisotopic (exact) mass is 324 g/mol. The molecule has 0 aliphatic rings. The van der Waals surface area contributed by atoms with Gasteiger partial charge in [-0.25, -0.2) is 0 Å². The molecule has 0 radical (unpaired) electrons. The first-order valence-corrected chi connectivity index (χ1v) is 6.52. The molecule has 2 rings (SSSR count). The molecule has 0 aliphatic heterocycles. The molecule has 0 unspecified atom stereocenters. The zero-order valence-corrected chi connectivity index (χ0v) is 11.9. The van der Waals surface area contributed by atoms with Crippen LogP contribution in [-0.4, -0.2) is 35.1 Å². The lowest BCUT2D eigenvalue weighted by Crippen LogP contribution is -2.33. The number of rotatable bonds is 4. The van der Waals surface area contributed by atoms with Crippen molar-refractivity contribution in [1.82, 2.24) is 20.8 Å². The molecule has 0 bridgehead atoms. The highest BCUT2D eigenvalue weighted by Gasteiger charge is 2.09. The van der Waals surface area contributed by atoms with Gasteiger partial charge in [-0.3, -0.25) is 14.7 Å².